The number of benzene rings is 1. The minimum absolute atomic E-state index is 0.779. The van der Waals surface area contributed by atoms with Crippen LogP contribution in [-0.4, -0.2) is 46.0 Å². The Morgan fingerprint density at radius 3 is 3.00 bits per heavy atom. The van der Waals surface area contributed by atoms with E-state index in [-0.39, 0.29) is 0 Å². The Balaban J connectivity index is 1.99. The van der Waals surface area contributed by atoms with E-state index in [1.54, 1.807) is 7.05 Å². The number of nitrogens with one attached hydrogen (secondary N) is 2. The number of rotatable bonds is 4. The predicted molar refractivity (Wildman–Crippen MR) is 74.4 cm³/mol. The van der Waals surface area contributed by atoms with Gasteiger partial charge in [0.1, 0.15) is 0 Å². The molecule has 0 atom stereocenters. The Morgan fingerprint density at radius 1 is 1.41 bits per heavy atom. The maximum atomic E-state index is 3.96. The van der Waals surface area contributed by atoms with Crippen LogP contribution in [-0.2, 0) is 0 Å². The van der Waals surface area contributed by atoms with E-state index >= 15 is 0 Å². The van der Waals surface area contributed by atoms with Crippen LogP contribution in [0.25, 0.3) is 0 Å². The molecule has 0 spiro atoms. The van der Waals surface area contributed by atoms with Gasteiger partial charge in [0.05, 0.1) is 0 Å². The molecule has 0 saturated carbocycles. The molecule has 92 valence electrons. The molecule has 2 N–H and O–H groups in total. The molecule has 1 aliphatic rings. The van der Waals surface area contributed by atoms with Crippen LogP contribution in [0.3, 0.4) is 0 Å². The summed E-state index contributed by atoms with van der Waals surface area (Å²) in [6.07, 6.45) is 1.87. The van der Waals surface area contributed by atoms with Gasteiger partial charge in [0.15, 0.2) is 0 Å². The highest BCUT2D eigenvalue weighted by Gasteiger charge is 2.10. The summed E-state index contributed by atoms with van der Waals surface area (Å²) in [5.41, 5.74) is 2.45. The van der Waals surface area contributed by atoms with Gasteiger partial charge < -0.3 is 15.5 Å². The first-order valence-electron chi connectivity index (χ1n) is 6.10. The van der Waals surface area contributed by atoms with Crippen molar-refractivity contribution in [2.75, 3.05) is 50.0 Å². The van der Waals surface area contributed by atoms with Crippen LogP contribution in [0.4, 0.5) is 11.4 Å². The summed E-state index contributed by atoms with van der Waals surface area (Å²) in [7, 11) is 1.79. The van der Waals surface area contributed by atoms with Gasteiger partial charge in [-0.1, -0.05) is 6.07 Å². The van der Waals surface area contributed by atoms with E-state index in [9.17, 15) is 0 Å². The van der Waals surface area contributed by atoms with Gasteiger partial charge >= 0.3 is 0 Å². The largest absolute Gasteiger partial charge is 0.380 e. The highest BCUT2D eigenvalue weighted by atomic mass is 15.2. The van der Waals surface area contributed by atoms with Gasteiger partial charge in [0.2, 0.25) is 0 Å². The summed E-state index contributed by atoms with van der Waals surface area (Å²) in [5.74, 6) is 0. The number of anilines is 2. The molecule has 1 aromatic carbocycles. The molecule has 17 heavy (non-hydrogen) atoms. The molecule has 4 nitrogen and oxygen atoms in total. The predicted octanol–water partition coefficient (Wildman–Crippen LogP) is 1.21. The molecule has 1 heterocycles. The molecular formula is C13H20N4. The number of nitrogens with zero attached hydrogens (tertiary/aromatic N) is 2. The van der Waals surface area contributed by atoms with Crippen molar-refractivity contribution in [1.29, 1.82) is 0 Å². The van der Waals surface area contributed by atoms with Crippen molar-refractivity contribution in [1.82, 2.24) is 5.32 Å². The molecular weight excluding hydrogens is 212 g/mol. The fraction of sp³-hybridized carbons (Fsp3) is 0.462. The Hall–Kier alpha value is -1.55. The highest BCUT2D eigenvalue weighted by molar-refractivity contribution is 5.66. The zero-order valence-electron chi connectivity index (χ0n) is 10.3. The second-order valence-electron chi connectivity index (χ2n) is 4.11. The molecule has 1 aromatic rings. The van der Waals surface area contributed by atoms with Crippen LogP contribution in [0.2, 0.25) is 0 Å². The molecule has 0 aromatic heterocycles. The van der Waals surface area contributed by atoms with Crippen molar-refractivity contribution in [2.45, 2.75) is 0 Å². The monoisotopic (exact) mass is 232 g/mol. The fourth-order valence-electron chi connectivity index (χ4n) is 1.99. The lowest BCUT2D eigenvalue weighted by molar-refractivity contribution is 0.589. The SMILES string of the molecule is CN=CCNc1cccc(N2CCNCC2)c1. The van der Waals surface area contributed by atoms with Crippen molar-refractivity contribution < 1.29 is 0 Å². The molecule has 2 rings (SSSR count). The Morgan fingerprint density at radius 2 is 2.24 bits per heavy atom. The minimum Gasteiger partial charge on any atom is -0.380 e. The summed E-state index contributed by atoms with van der Waals surface area (Å²) in [6.45, 7) is 5.08. The third-order valence-corrected chi connectivity index (χ3v) is 2.91. The molecule has 0 amide bonds. The van der Waals surface area contributed by atoms with Crippen LogP contribution < -0.4 is 15.5 Å². The molecule has 1 saturated heterocycles. The highest BCUT2D eigenvalue weighted by Crippen LogP contribution is 2.19. The number of hydrogen-bond donors (Lipinski definition) is 2. The van der Waals surface area contributed by atoms with Crippen LogP contribution in [0.5, 0.6) is 0 Å². The fourth-order valence-corrected chi connectivity index (χ4v) is 1.99. The van der Waals surface area contributed by atoms with Gasteiger partial charge in [-0.3, -0.25) is 4.99 Å². The molecule has 0 bridgehead atoms. The average molecular weight is 232 g/mol. The van der Waals surface area contributed by atoms with Crippen molar-refractivity contribution in [3.63, 3.8) is 0 Å². The van der Waals surface area contributed by atoms with Gasteiger partial charge in [0, 0.05) is 57.4 Å². The van der Waals surface area contributed by atoms with E-state index in [0.29, 0.717) is 0 Å². The van der Waals surface area contributed by atoms with Crippen molar-refractivity contribution >= 4 is 17.6 Å². The first-order chi connectivity index (χ1) is 8.40. The zero-order valence-corrected chi connectivity index (χ0v) is 10.3. The number of piperazine rings is 1. The summed E-state index contributed by atoms with van der Waals surface area (Å²) < 4.78 is 0. The molecule has 0 aliphatic carbocycles. The average Bonchev–Trinajstić information content (AvgIpc) is 2.41. The maximum Gasteiger partial charge on any atom is 0.0499 e. The lowest BCUT2D eigenvalue weighted by atomic mass is 10.2. The van der Waals surface area contributed by atoms with Gasteiger partial charge in [0.25, 0.3) is 0 Å². The molecule has 0 unspecified atom stereocenters. The van der Waals surface area contributed by atoms with Gasteiger partial charge in [-0.15, -0.1) is 0 Å². The van der Waals surface area contributed by atoms with E-state index in [1.165, 1.54) is 5.69 Å². The minimum atomic E-state index is 0.779. The topological polar surface area (TPSA) is 39.7 Å². The normalized spacial score (nSPS) is 16.4. The van der Waals surface area contributed by atoms with Crippen LogP contribution in [0.15, 0.2) is 29.3 Å². The quantitative estimate of drug-likeness (QED) is 0.767. The lowest BCUT2D eigenvalue weighted by Gasteiger charge is -2.29. The summed E-state index contributed by atoms with van der Waals surface area (Å²) >= 11 is 0. The number of aliphatic imine (C=N–C) groups is 1. The molecule has 1 fully saturated rings. The van der Waals surface area contributed by atoms with Crippen molar-refractivity contribution in [3.05, 3.63) is 24.3 Å². The first kappa shape index (κ1) is 11.9. The summed E-state index contributed by atoms with van der Waals surface area (Å²) in [6, 6.07) is 8.57. The van der Waals surface area contributed by atoms with Gasteiger partial charge in [-0.25, -0.2) is 0 Å². The van der Waals surface area contributed by atoms with Crippen LogP contribution >= 0.6 is 0 Å². The third kappa shape index (κ3) is 3.46. The maximum absolute atomic E-state index is 3.96. The first-order valence-corrected chi connectivity index (χ1v) is 6.10. The van der Waals surface area contributed by atoms with Gasteiger partial charge in [-0.05, 0) is 18.2 Å². The summed E-state index contributed by atoms with van der Waals surface area (Å²) in [4.78, 5) is 6.37. The van der Waals surface area contributed by atoms with Crippen molar-refractivity contribution in [2.24, 2.45) is 4.99 Å². The lowest BCUT2D eigenvalue weighted by Crippen LogP contribution is -2.43. The van der Waals surface area contributed by atoms with E-state index in [0.717, 1.165) is 38.4 Å². The summed E-state index contributed by atoms with van der Waals surface area (Å²) in [5, 5.41) is 6.70. The van der Waals surface area contributed by atoms with E-state index in [2.05, 4.69) is 44.8 Å². The zero-order chi connectivity index (χ0) is 11.9. The molecule has 4 heteroatoms. The smallest absolute Gasteiger partial charge is 0.0499 e. The van der Waals surface area contributed by atoms with E-state index < -0.39 is 0 Å². The standard InChI is InChI=1S/C13H20N4/c1-14-5-6-16-12-3-2-4-13(11-12)17-9-7-15-8-10-17/h2-5,11,15-16H,6-10H2,1H3. The molecule has 1 aliphatic heterocycles. The van der Waals surface area contributed by atoms with Crippen molar-refractivity contribution in [3.8, 4) is 0 Å². The third-order valence-electron chi connectivity index (χ3n) is 2.91. The molecule has 0 radical (unpaired) electrons. The Kier molecular flexibility index (Phi) is 4.38. The van der Waals surface area contributed by atoms with Gasteiger partial charge in [-0.2, -0.15) is 0 Å². The van der Waals surface area contributed by atoms with E-state index in [4.69, 9.17) is 0 Å². The Labute approximate surface area is 103 Å². The second kappa shape index (κ2) is 6.25. The Bertz CT molecular complexity index is 369. The van der Waals surface area contributed by atoms with E-state index in [1.807, 2.05) is 6.21 Å². The second-order valence-corrected chi connectivity index (χ2v) is 4.11. The number of hydrogen-bond acceptors (Lipinski definition) is 4. The van der Waals surface area contributed by atoms with Crippen LogP contribution in [0.1, 0.15) is 0 Å². The van der Waals surface area contributed by atoms with Crippen LogP contribution in [0, 0.1) is 0 Å².